The van der Waals surface area contributed by atoms with E-state index >= 15 is 0 Å². The maximum Gasteiger partial charge on any atom is 0.292 e. The summed E-state index contributed by atoms with van der Waals surface area (Å²) in [5.74, 6) is 0.959. The van der Waals surface area contributed by atoms with Gasteiger partial charge in [-0.05, 0) is 19.1 Å². The summed E-state index contributed by atoms with van der Waals surface area (Å²) >= 11 is 0. The molecule has 3 heterocycles. The van der Waals surface area contributed by atoms with Crippen molar-refractivity contribution in [2.75, 3.05) is 13.1 Å². The fraction of sp³-hybridized carbons (Fsp3) is 0.400. The van der Waals surface area contributed by atoms with E-state index in [1.165, 1.54) is 6.20 Å². The molecule has 0 aliphatic carbocycles. The summed E-state index contributed by atoms with van der Waals surface area (Å²) in [6.45, 7) is 3.25. The van der Waals surface area contributed by atoms with Gasteiger partial charge in [-0.25, -0.2) is 0 Å². The first-order valence-corrected chi connectivity index (χ1v) is 7.01. The van der Waals surface area contributed by atoms with Gasteiger partial charge in [0.25, 0.3) is 5.91 Å². The van der Waals surface area contributed by atoms with Gasteiger partial charge >= 0.3 is 0 Å². The van der Waals surface area contributed by atoms with Crippen LogP contribution in [-0.4, -0.2) is 40.1 Å². The van der Waals surface area contributed by atoms with Gasteiger partial charge in [-0.2, -0.15) is 0 Å². The molecular formula is C15H17N3O3. The third kappa shape index (κ3) is 3.21. The lowest BCUT2D eigenvalue weighted by Crippen LogP contribution is -2.41. The monoisotopic (exact) mass is 287 g/mol. The van der Waals surface area contributed by atoms with Crippen LogP contribution in [0.4, 0.5) is 0 Å². The quantitative estimate of drug-likeness (QED) is 0.864. The van der Waals surface area contributed by atoms with Gasteiger partial charge in [-0.1, -0.05) is 5.16 Å². The van der Waals surface area contributed by atoms with Crippen molar-refractivity contribution in [2.24, 2.45) is 0 Å². The van der Waals surface area contributed by atoms with E-state index < -0.39 is 0 Å². The highest BCUT2D eigenvalue weighted by Gasteiger charge is 2.26. The number of piperidine rings is 1. The molecule has 0 spiro atoms. The number of carbonyl (C=O) groups excluding carboxylic acids is 1. The van der Waals surface area contributed by atoms with Crippen LogP contribution in [0.25, 0.3) is 0 Å². The molecule has 3 rings (SSSR count). The van der Waals surface area contributed by atoms with Crippen LogP contribution in [0.1, 0.15) is 29.1 Å². The minimum atomic E-state index is -0.108. The third-order valence-corrected chi connectivity index (χ3v) is 3.56. The molecule has 1 aliphatic rings. The van der Waals surface area contributed by atoms with Crippen LogP contribution in [0.15, 0.2) is 35.1 Å². The van der Waals surface area contributed by atoms with Gasteiger partial charge < -0.3 is 14.2 Å². The number of hydrogen-bond acceptors (Lipinski definition) is 5. The van der Waals surface area contributed by atoms with Gasteiger partial charge in [0.1, 0.15) is 11.9 Å². The molecule has 2 aromatic heterocycles. The van der Waals surface area contributed by atoms with Crippen LogP contribution >= 0.6 is 0 Å². The van der Waals surface area contributed by atoms with E-state index in [4.69, 9.17) is 9.26 Å². The van der Waals surface area contributed by atoms with Gasteiger partial charge in [0.15, 0.2) is 0 Å². The molecule has 2 aromatic rings. The lowest BCUT2D eigenvalue weighted by molar-refractivity contribution is 0.0557. The highest BCUT2D eigenvalue weighted by atomic mass is 16.5. The average molecular weight is 287 g/mol. The second-order valence-electron chi connectivity index (χ2n) is 5.12. The summed E-state index contributed by atoms with van der Waals surface area (Å²) in [5.41, 5.74) is 0.967. The molecule has 0 radical (unpaired) electrons. The van der Waals surface area contributed by atoms with Crippen LogP contribution in [0.2, 0.25) is 0 Å². The summed E-state index contributed by atoms with van der Waals surface area (Å²) in [5, 5.41) is 3.56. The molecule has 0 unspecified atom stereocenters. The number of hydrogen-bond donors (Lipinski definition) is 0. The molecule has 1 amide bonds. The molecule has 0 bridgehead atoms. The first-order valence-electron chi connectivity index (χ1n) is 7.01. The molecule has 0 saturated carbocycles. The van der Waals surface area contributed by atoms with Gasteiger partial charge in [-0.3, -0.25) is 9.78 Å². The minimum Gasteiger partial charge on any atom is -0.489 e. The maximum absolute atomic E-state index is 12.1. The molecule has 1 fully saturated rings. The Kier molecular flexibility index (Phi) is 3.85. The highest BCUT2D eigenvalue weighted by molar-refractivity contribution is 5.91. The number of carbonyl (C=O) groups is 1. The number of nitrogens with zero attached hydrogens (tertiary/aromatic N) is 3. The second-order valence-corrected chi connectivity index (χ2v) is 5.12. The Bertz CT molecular complexity index is 587. The van der Waals surface area contributed by atoms with Crippen LogP contribution in [-0.2, 0) is 0 Å². The van der Waals surface area contributed by atoms with Gasteiger partial charge in [0.05, 0.1) is 12.4 Å². The Morgan fingerprint density at radius 3 is 2.76 bits per heavy atom. The molecule has 0 N–H and O–H groups in total. The van der Waals surface area contributed by atoms with Gasteiger partial charge in [0.2, 0.25) is 5.76 Å². The van der Waals surface area contributed by atoms with E-state index in [0.29, 0.717) is 13.1 Å². The minimum absolute atomic E-state index is 0.108. The zero-order valence-electron chi connectivity index (χ0n) is 11.9. The predicted octanol–water partition coefficient (Wildman–Crippen LogP) is 2.06. The average Bonchev–Trinajstić information content (AvgIpc) is 3.04. The van der Waals surface area contributed by atoms with E-state index in [9.17, 15) is 4.79 Å². The van der Waals surface area contributed by atoms with Crippen molar-refractivity contribution in [2.45, 2.75) is 25.9 Å². The molecular weight excluding hydrogens is 270 g/mol. The number of aromatic nitrogens is 2. The SMILES string of the molecule is Cc1ccc(OC2CCN(C(=O)c3ccno3)CC2)cn1. The zero-order chi connectivity index (χ0) is 14.7. The van der Waals surface area contributed by atoms with E-state index in [1.54, 1.807) is 17.2 Å². The first kappa shape index (κ1) is 13.6. The summed E-state index contributed by atoms with van der Waals surface area (Å²) in [6.07, 6.45) is 4.93. The summed E-state index contributed by atoms with van der Waals surface area (Å²) in [7, 11) is 0. The fourth-order valence-electron chi connectivity index (χ4n) is 2.38. The molecule has 6 heteroatoms. The van der Waals surface area contributed by atoms with Crippen LogP contribution < -0.4 is 4.74 Å². The Hall–Kier alpha value is -2.37. The molecule has 1 aliphatic heterocycles. The standard InChI is InChI=1S/C15H17N3O3/c1-11-2-3-13(10-16-11)20-12-5-8-18(9-6-12)15(19)14-4-7-17-21-14/h2-4,7,10,12H,5-6,8-9H2,1H3. The van der Waals surface area contributed by atoms with Crippen molar-refractivity contribution in [3.05, 3.63) is 42.0 Å². The Morgan fingerprint density at radius 2 is 2.14 bits per heavy atom. The first-order chi connectivity index (χ1) is 10.2. The second kappa shape index (κ2) is 5.95. The maximum atomic E-state index is 12.1. The Balaban J connectivity index is 1.53. The van der Waals surface area contributed by atoms with E-state index in [-0.39, 0.29) is 17.8 Å². The van der Waals surface area contributed by atoms with E-state index in [2.05, 4.69) is 10.1 Å². The van der Waals surface area contributed by atoms with Gasteiger partial charge in [-0.15, -0.1) is 0 Å². The van der Waals surface area contributed by atoms with Crippen LogP contribution in [0, 0.1) is 6.92 Å². The number of aryl methyl sites for hydroxylation is 1. The highest BCUT2D eigenvalue weighted by Crippen LogP contribution is 2.19. The molecule has 6 nitrogen and oxygen atoms in total. The van der Waals surface area contributed by atoms with Crippen molar-refractivity contribution < 1.29 is 14.1 Å². The van der Waals surface area contributed by atoms with E-state index in [1.807, 2.05) is 19.1 Å². The van der Waals surface area contributed by atoms with Gasteiger partial charge in [0, 0.05) is 37.7 Å². The van der Waals surface area contributed by atoms with Crippen molar-refractivity contribution in [3.63, 3.8) is 0 Å². The van der Waals surface area contributed by atoms with E-state index in [0.717, 1.165) is 24.3 Å². The van der Waals surface area contributed by atoms with Crippen molar-refractivity contribution in [1.82, 2.24) is 15.0 Å². The van der Waals surface area contributed by atoms with Crippen LogP contribution in [0.5, 0.6) is 5.75 Å². The summed E-state index contributed by atoms with van der Waals surface area (Å²) in [4.78, 5) is 18.1. The zero-order valence-corrected chi connectivity index (χ0v) is 11.9. The van der Waals surface area contributed by atoms with Crippen molar-refractivity contribution in [3.8, 4) is 5.75 Å². The Morgan fingerprint density at radius 1 is 1.33 bits per heavy atom. The third-order valence-electron chi connectivity index (χ3n) is 3.56. The fourth-order valence-corrected chi connectivity index (χ4v) is 2.38. The largest absolute Gasteiger partial charge is 0.489 e. The van der Waals surface area contributed by atoms with Crippen molar-refractivity contribution >= 4 is 5.91 Å². The smallest absolute Gasteiger partial charge is 0.292 e. The summed E-state index contributed by atoms with van der Waals surface area (Å²) in [6, 6.07) is 5.44. The van der Waals surface area contributed by atoms with Crippen LogP contribution in [0.3, 0.4) is 0 Å². The predicted molar refractivity (Wildman–Crippen MR) is 75.0 cm³/mol. The number of amides is 1. The number of likely N-dealkylation sites (tertiary alicyclic amines) is 1. The molecule has 21 heavy (non-hydrogen) atoms. The normalized spacial score (nSPS) is 16.0. The lowest BCUT2D eigenvalue weighted by atomic mass is 10.1. The number of ether oxygens (including phenoxy) is 1. The number of pyridine rings is 1. The molecule has 1 saturated heterocycles. The molecule has 110 valence electrons. The Labute approximate surface area is 122 Å². The molecule has 0 aromatic carbocycles. The molecule has 0 atom stereocenters. The van der Waals surface area contributed by atoms with Crippen molar-refractivity contribution in [1.29, 1.82) is 0 Å². The summed E-state index contributed by atoms with van der Waals surface area (Å²) < 4.78 is 10.8. The number of rotatable bonds is 3. The topological polar surface area (TPSA) is 68.5 Å². The lowest BCUT2D eigenvalue weighted by Gasteiger charge is -2.31.